The van der Waals surface area contributed by atoms with Gasteiger partial charge < -0.3 is 9.73 Å². The van der Waals surface area contributed by atoms with Crippen LogP contribution in [0.1, 0.15) is 31.4 Å². The minimum atomic E-state index is -0.481. The van der Waals surface area contributed by atoms with Gasteiger partial charge in [0, 0.05) is 12.6 Å². The highest BCUT2D eigenvalue weighted by Gasteiger charge is 2.29. The molecule has 1 aromatic heterocycles. The second-order valence-corrected chi connectivity index (χ2v) is 5.84. The Morgan fingerprint density at radius 2 is 2.30 bits per heavy atom. The molecule has 110 valence electrons. The molecule has 1 aromatic rings. The van der Waals surface area contributed by atoms with Crippen LogP contribution in [0, 0.1) is 16.0 Å². The molecule has 2 unspecified atom stereocenters. The monoisotopic (exact) mass is 279 g/mol. The van der Waals surface area contributed by atoms with Gasteiger partial charge in [0.05, 0.1) is 12.6 Å². The summed E-state index contributed by atoms with van der Waals surface area (Å²) in [4.78, 5) is 12.5. The van der Waals surface area contributed by atoms with Gasteiger partial charge in [0.25, 0.3) is 0 Å². The quantitative estimate of drug-likeness (QED) is 0.675. The van der Waals surface area contributed by atoms with Crippen LogP contribution < -0.4 is 5.32 Å². The maximum atomic E-state index is 10.6. The van der Waals surface area contributed by atoms with Crippen LogP contribution in [-0.4, -0.2) is 35.5 Å². The van der Waals surface area contributed by atoms with E-state index in [2.05, 4.69) is 10.2 Å². The number of nitrogens with zero attached hydrogens (tertiary/aromatic N) is 2. The van der Waals surface area contributed by atoms with Crippen molar-refractivity contribution in [1.29, 1.82) is 0 Å². The number of nitrogens with one attached hydrogen (secondary N) is 1. The molecule has 0 amide bonds. The molecule has 0 spiro atoms. The fourth-order valence-corrected chi connectivity index (χ4v) is 3.45. The number of hydrogen-bond donors (Lipinski definition) is 1. The maximum absolute atomic E-state index is 10.6. The summed E-state index contributed by atoms with van der Waals surface area (Å²) in [5.41, 5.74) is 0. The highest BCUT2D eigenvalue weighted by Crippen LogP contribution is 2.26. The second-order valence-electron chi connectivity index (χ2n) is 5.84. The zero-order valence-corrected chi connectivity index (χ0v) is 11.6. The lowest BCUT2D eigenvalue weighted by Gasteiger charge is -2.35. The van der Waals surface area contributed by atoms with E-state index in [0.29, 0.717) is 24.3 Å². The summed E-state index contributed by atoms with van der Waals surface area (Å²) >= 11 is 0. The number of likely N-dealkylation sites (tertiary alicyclic amines) is 1. The predicted molar refractivity (Wildman–Crippen MR) is 74.4 cm³/mol. The molecule has 1 N–H and O–H groups in total. The van der Waals surface area contributed by atoms with Crippen LogP contribution in [0.4, 0.5) is 5.88 Å². The van der Waals surface area contributed by atoms with Gasteiger partial charge in [-0.1, -0.05) is 0 Å². The van der Waals surface area contributed by atoms with E-state index < -0.39 is 4.92 Å². The molecule has 2 aliphatic rings. The standard InChI is InChI=1S/C14H21N3O3/c18-17(19)14-6-5-12(20-14)10-16-8-2-3-11(9-16)13-4-1-7-15-13/h5-6,11,13,15H,1-4,7-10H2. The number of hydrogen-bond acceptors (Lipinski definition) is 5. The van der Waals surface area contributed by atoms with Gasteiger partial charge in [0.1, 0.15) is 10.7 Å². The molecule has 3 rings (SSSR count). The molecule has 0 bridgehead atoms. The van der Waals surface area contributed by atoms with Crippen molar-refractivity contribution in [3.8, 4) is 0 Å². The third-order valence-electron chi connectivity index (χ3n) is 4.42. The van der Waals surface area contributed by atoms with Crippen LogP contribution in [0.5, 0.6) is 0 Å². The van der Waals surface area contributed by atoms with Gasteiger partial charge in [0.15, 0.2) is 0 Å². The van der Waals surface area contributed by atoms with Crippen molar-refractivity contribution in [2.75, 3.05) is 19.6 Å². The van der Waals surface area contributed by atoms with Crippen molar-refractivity contribution in [3.05, 3.63) is 28.0 Å². The molecule has 6 nitrogen and oxygen atoms in total. The molecule has 0 aliphatic carbocycles. The highest BCUT2D eigenvalue weighted by molar-refractivity contribution is 5.17. The summed E-state index contributed by atoms with van der Waals surface area (Å²) in [6, 6.07) is 3.81. The summed E-state index contributed by atoms with van der Waals surface area (Å²) in [5.74, 6) is 1.24. The van der Waals surface area contributed by atoms with E-state index >= 15 is 0 Å². The van der Waals surface area contributed by atoms with E-state index in [4.69, 9.17) is 4.42 Å². The Morgan fingerprint density at radius 1 is 1.40 bits per heavy atom. The SMILES string of the molecule is O=[N+]([O-])c1ccc(CN2CCCC(C3CCCN3)C2)o1. The normalized spacial score (nSPS) is 27.8. The topological polar surface area (TPSA) is 71.6 Å². The zero-order chi connectivity index (χ0) is 13.9. The van der Waals surface area contributed by atoms with E-state index in [-0.39, 0.29) is 5.88 Å². The van der Waals surface area contributed by atoms with Gasteiger partial charge in [-0.05, 0) is 50.8 Å². The lowest BCUT2D eigenvalue weighted by atomic mass is 9.90. The average Bonchev–Trinajstić information content (AvgIpc) is 3.10. The Kier molecular flexibility index (Phi) is 4.03. The molecule has 2 saturated heterocycles. The number of nitro groups is 1. The lowest BCUT2D eigenvalue weighted by molar-refractivity contribution is -0.402. The van der Waals surface area contributed by atoms with Gasteiger partial charge >= 0.3 is 5.88 Å². The van der Waals surface area contributed by atoms with Gasteiger partial charge in [0.2, 0.25) is 0 Å². The van der Waals surface area contributed by atoms with E-state index in [1.807, 2.05) is 0 Å². The molecule has 6 heteroatoms. The summed E-state index contributed by atoms with van der Waals surface area (Å²) in [6.07, 6.45) is 5.05. The zero-order valence-electron chi connectivity index (χ0n) is 11.6. The van der Waals surface area contributed by atoms with Gasteiger partial charge in [-0.2, -0.15) is 0 Å². The smallest absolute Gasteiger partial charge is 0.404 e. The fourth-order valence-electron chi connectivity index (χ4n) is 3.45. The van der Waals surface area contributed by atoms with Crippen molar-refractivity contribution < 1.29 is 9.34 Å². The van der Waals surface area contributed by atoms with E-state index in [1.54, 1.807) is 6.07 Å². The van der Waals surface area contributed by atoms with E-state index in [0.717, 1.165) is 19.6 Å². The van der Waals surface area contributed by atoms with Crippen LogP contribution in [0.15, 0.2) is 16.5 Å². The fraction of sp³-hybridized carbons (Fsp3) is 0.714. The number of piperidine rings is 1. The van der Waals surface area contributed by atoms with E-state index in [1.165, 1.54) is 31.7 Å². The average molecular weight is 279 g/mol. The van der Waals surface area contributed by atoms with Crippen LogP contribution in [0.3, 0.4) is 0 Å². The first-order chi connectivity index (χ1) is 9.72. The van der Waals surface area contributed by atoms with E-state index in [9.17, 15) is 10.1 Å². The molecule has 0 aromatic carbocycles. The first-order valence-electron chi connectivity index (χ1n) is 7.41. The summed E-state index contributed by atoms with van der Waals surface area (Å²) in [7, 11) is 0. The van der Waals surface area contributed by atoms with Crippen molar-refractivity contribution in [3.63, 3.8) is 0 Å². The Bertz CT molecular complexity index is 468. The van der Waals surface area contributed by atoms with Crippen LogP contribution in [-0.2, 0) is 6.54 Å². The van der Waals surface area contributed by atoms with Crippen molar-refractivity contribution in [2.45, 2.75) is 38.3 Å². The third-order valence-corrected chi connectivity index (χ3v) is 4.42. The minimum absolute atomic E-state index is 0.161. The first kappa shape index (κ1) is 13.6. The molecule has 2 fully saturated rings. The lowest BCUT2D eigenvalue weighted by Crippen LogP contribution is -2.43. The van der Waals surface area contributed by atoms with Gasteiger partial charge in [-0.15, -0.1) is 0 Å². The largest absolute Gasteiger partial charge is 0.433 e. The maximum Gasteiger partial charge on any atom is 0.433 e. The second kappa shape index (κ2) is 5.93. The van der Waals surface area contributed by atoms with Crippen LogP contribution in [0.25, 0.3) is 0 Å². The highest BCUT2D eigenvalue weighted by atomic mass is 16.6. The summed E-state index contributed by atoms with van der Waals surface area (Å²) in [6.45, 7) is 3.94. The van der Waals surface area contributed by atoms with Gasteiger partial charge in [-0.25, -0.2) is 0 Å². The Hall–Kier alpha value is -1.40. The molecule has 0 saturated carbocycles. The molecular formula is C14H21N3O3. The molecular weight excluding hydrogens is 258 g/mol. The Labute approximate surface area is 118 Å². The Morgan fingerprint density at radius 3 is 3.00 bits per heavy atom. The molecule has 2 atom stereocenters. The number of furan rings is 1. The molecule has 0 radical (unpaired) electrons. The van der Waals surface area contributed by atoms with Crippen molar-refractivity contribution in [1.82, 2.24) is 10.2 Å². The Balaban J connectivity index is 1.57. The van der Waals surface area contributed by atoms with Crippen molar-refractivity contribution >= 4 is 5.88 Å². The summed E-state index contributed by atoms with van der Waals surface area (Å²) < 4.78 is 5.25. The minimum Gasteiger partial charge on any atom is -0.404 e. The summed E-state index contributed by atoms with van der Waals surface area (Å²) in [5, 5.41) is 14.2. The molecule has 2 aliphatic heterocycles. The van der Waals surface area contributed by atoms with Crippen LogP contribution >= 0.6 is 0 Å². The van der Waals surface area contributed by atoms with Crippen molar-refractivity contribution in [2.24, 2.45) is 5.92 Å². The van der Waals surface area contributed by atoms with Gasteiger partial charge in [-0.3, -0.25) is 15.0 Å². The third kappa shape index (κ3) is 3.02. The number of rotatable bonds is 4. The van der Waals surface area contributed by atoms with Crippen LogP contribution in [0.2, 0.25) is 0 Å². The molecule has 3 heterocycles. The molecule has 20 heavy (non-hydrogen) atoms. The predicted octanol–water partition coefficient (Wildman–Crippen LogP) is 2.15. The first-order valence-corrected chi connectivity index (χ1v) is 7.41.